The van der Waals surface area contributed by atoms with Gasteiger partial charge in [0.25, 0.3) is 0 Å². The molecule has 0 fully saturated rings. The van der Waals surface area contributed by atoms with Crippen LogP contribution in [0, 0.1) is 0 Å². The maximum absolute atomic E-state index is 11.5. The van der Waals surface area contributed by atoms with Crippen LogP contribution in [-0.2, 0) is 22.8 Å². The van der Waals surface area contributed by atoms with Gasteiger partial charge in [0.15, 0.2) is 0 Å². The van der Waals surface area contributed by atoms with Crippen LogP contribution >= 0.6 is 0 Å². The van der Waals surface area contributed by atoms with Gasteiger partial charge in [-0.1, -0.05) is 20.3 Å². The molecule has 0 N–H and O–H groups in total. The Kier molecular flexibility index (Phi) is 12.0. The van der Waals surface area contributed by atoms with Gasteiger partial charge in [0, 0.05) is 26.2 Å². The third kappa shape index (κ3) is 7.33. The highest BCUT2D eigenvalue weighted by atomic mass is 28.4. The first-order valence-electron chi connectivity index (χ1n) is 8.56. The number of Topliss-reactive ketones (excluding diaryl/α,β-unsaturated/α-hetero) is 1. The standard InChI is InChI=1S/C16H34O5Si/c1-7-12-15(13-14(6)17)21-16(8-2)22(18-9-3,19-10-4)20-11-5/h15-16H,7-13H2,1-6H3. The van der Waals surface area contributed by atoms with Crippen LogP contribution in [0.4, 0.5) is 0 Å². The second-order valence-electron chi connectivity index (χ2n) is 5.25. The predicted molar refractivity (Wildman–Crippen MR) is 89.8 cm³/mol. The summed E-state index contributed by atoms with van der Waals surface area (Å²) in [5.74, 6) is 0.143. The summed E-state index contributed by atoms with van der Waals surface area (Å²) in [5.41, 5.74) is -0.233. The third-order valence-corrected chi connectivity index (χ3v) is 6.69. The molecule has 0 radical (unpaired) electrons. The first kappa shape index (κ1) is 21.7. The summed E-state index contributed by atoms with van der Waals surface area (Å²) < 4.78 is 24.0. The van der Waals surface area contributed by atoms with Crippen molar-refractivity contribution >= 4 is 14.6 Å². The molecule has 0 saturated heterocycles. The molecular weight excluding hydrogens is 300 g/mol. The van der Waals surface area contributed by atoms with Crippen molar-refractivity contribution in [1.29, 1.82) is 0 Å². The topological polar surface area (TPSA) is 54.0 Å². The van der Waals surface area contributed by atoms with Crippen molar-refractivity contribution in [2.45, 2.75) is 79.1 Å². The molecule has 5 nitrogen and oxygen atoms in total. The molecule has 2 atom stereocenters. The van der Waals surface area contributed by atoms with E-state index >= 15 is 0 Å². The molecule has 2 unspecified atom stereocenters. The molecule has 0 aliphatic rings. The molecule has 6 heteroatoms. The van der Waals surface area contributed by atoms with Crippen molar-refractivity contribution in [3.8, 4) is 0 Å². The fourth-order valence-corrected chi connectivity index (χ4v) is 5.40. The zero-order valence-corrected chi connectivity index (χ0v) is 16.1. The summed E-state index contributed by atoms with van der Waals surface area (Å²) in [5, 5.41) is 0. The quantitative estimate of drug-likeness (QED) is 0.455. The summed E-state index contributed by atoms with van der Waals surface area (Å²) in [6, 6.07) is 0. The van der Waals surface area contributed by atoms with E-state index in [0.29, 0.717) is 26.2 Å². The van der Waals surface area contributed by atoms with E-state index in [2.05, 4.69) is 6.92 Å². The van der Waals surface area contributed by atoms with Crippen molar-refractivity contribution in [3.05, 3.63) is 0 Å². The molecule has 0 aliphatic carbocycles. The van der Waals surface area contributed by atoms with Gasteiger partial charge >= 0.3 is 8.80 Å². The summed E-state index contributed by atoms with van der Waals surface area (Å²) in [4.78, 5) is 11.5. The monoisotopic (exact) mass is 334 g/mol. The fourth-order valence-electron chi connectivity index (χ4n) is 2.53. The van der Waals surface area contributed by atoms with Crippen molar-refractivity contribution in [1.82, 2.24) is 0 Å². The molecule has 0 aromatic heterocycles. The van der Waals surface area contributed by atoms with Crippen LogP contribution in [0.3, 0.4) is 0 Å². The summed E-state index contributed by atoms with van der Waals surface area (Å²) in [6.07, 6.45) is 2.90. The van der Waals surface area contributed by atoms with Crippen molar-refractivity contribution < 1.29 is 22.8 Å². The molecular formula is C16H34O5Si. The van der Waals surface area contributed by atoms with Gasteiger partial charge in [-0.3, -0.25) is 4.79 Å². The van der Waals surface area contributed by atoms with E-state index in [-0.39, 0.29) is 17.6 Å². The maximum Gasteiger partial charge on any atom is 0.531 e. The normalized spacial score (nSPS) is 14.8. The highest BCUT2D eigenvalue weighted by Gasteiger charge is 2.50. The van der Waals surface area contributed by atoms with E-state index in [1.54, 1.807) is 6.92 Å². The predicted octanol–water partition coefficient (Wildman–Crippen LogP) is 3.52. The second-order valence-corrected chi connectivity index (χ2v) is 7.97. The summed E-state index contributed by atoms with van der Waals surface area (Å²) in [7, 11) is -2.90. The lowest BCUT2D eigenvalue weighted by atomic mass is 10.1. The van der Waals surface area contributed by atoms with Crippen molar-refractivity contribution in [3.63, 3.8) is 0 Å². The van der Waals surface area contributed by atoms with Gasteiger partial charge in [-0.15, -0.1) is 0 Å². The Bertz CT molecular complexity index is 281. The van der Waals surface area contributed by atoms with Crippen LogP contribution in [0.15, 0.2) is 0 Å². The lowest BCUT2D eigenvalue weighted by Crippen LogP contribution is -2.58. The van der Waals surface area contributed by atoms with E-state index < -0.39 is 8.80 Å². The molecule has 0 aromatic rings. The Labute approximate surface area is 137 Å². The number of rotatable bonds is 14. The molecule has 0 amide bonds. The van der Waals surface area contributed by atoms with Gasteiger partial charge in [-0.2, -0.15) is 0 Å². The van der Waals surface area contributed by atoms with E-state index in [4.69, 9.17) is 18.0 Å². The lowest BCUT2D eigenvalue weighted by Gasteiger charge is -2.36. The Balaban J connectivity index is 5.18. The van der Waals surface area contributed by atoms with Crippen LogP contribution in [0.25, 0.3) is 0 Å². The number of carbonyl (C=O) groups is 1. The van der Waals surface area contributed by atoms with Crippen LogP contribution in [-0.4, -0.2) is 46.2 Å². The molecule has 0 spiro atoms. The fraction of sp³-hybridized carbons (Fsp3) is 0.938. The Morgan fingerprint density at radius 2 is 1.45 bits per heavy atom. The number of hydrogen-bond acceptors (Lipinski definition) is 5. The Morgan fingerprint density at radius 3 is 1.77 bits per heavy atom. The minimum absolute atomic E-state index is 0.0966. The van der Waals surface area contributed by atoms with Gasteiger partial charge in [0.2, 0.25) is 0 Å². The van der Waals surface area contributed by atoms with Crippen LogP contribution in [0.1, 0.15) is 67.2 Å². The van der Waals surface area contributed by atoms with Crippen LogP contribution < -0.4 is 0 Å². The SMILES string of the molecule is CCCC(CC(C)=O)OC(CC)[Si](OCC)(OCC)OCC. The number of carbonyl (C=O) groups excluding carboxylic acids is 1. The third-order valence-electron chi connectivity index (χ3n) is 3.28. The molecule has 0 heterocycles. The van der Waals surface area contributed by atoms with Crippen LogP contribution in [0.2, 0.25) is 0 Å². The van der Waals surface area contributed by atoms with E-state index in [1.807, 2.05) is 27.7 Å². The van der Waals surface area contributed by atoms with Crippen molar-refractivity contribution in [2.24, 2.45) is 0 Å². The molecule has 22 heavy (non-hydrogen) atoms. The number of ether oxygens (including phenoxy) is 1. The largest absolute Gasteiger partial charge is 0.531 e. The molecule has 0 rings (SSSR count). The minimum Gasteiger partial charge on any atom is -0.372 e. The summed E-state index contributed by atoms with van der Waals surface area (Å²) >= 11 is 0. The summed E-state index contributed by atoms with van der Waals surface area (Å²) in [6.45, 7) is 13.1. The van der Waals surface area contributed by atoms with Gasteiger partial charge in [-0.25, -0.2) is 0 Å². The van der Waals surface area contributed by atoms with Gasteiger partial charge in [0.05, 0.1) is 6.10 Å². The lowest BCUT2D eigenvalue weighted by molar-refractivity contribution is -0.121. The zero-order chi connectivity index (χ0) is 17.0. The van der Waals surface area contributed by atoms with E-state index in [9.17, 15) is 4.79 Å². The Morgan fingerprint density at radius 1 is 0.955 bits per heavy atom. The second kappa shape index (κ2) is 12.2. The maximum atomic E-state index is 11.5. The van der Waals surface area contributed by atoms with E-state index in [0.717, 1.165) is 19.3 Å². The minimum atomic E-state index is -2.90. The van der Waals surface area contributed by atoms with Gasteiger partial charge in [-0.05, 0) is 40.5 Å². The van der Waals surface area contributed by atoms with Gasteiger partial charge in [0.1, 0.15) is 11.5 Å². The first-order valence-corrected chi connectivity index (χ1v) is 10.4. The number of hydrogen-bond donors (Lipinski definition) is 0. The molecule has 132 valence electrons. The molecule has 0 aliphatic heterocycles. The average molecular weight is 335 g/mol. The van der Waals surface area contributed by atoms with Crippen molar-refractivity contribution in [2.75, 3.05) is 19.8 Å². The number of ketones is 1. The molecule has 0 saturated carbocycles. The average Bonchev–Trinajstić information content (AvgIpc) is 2.44. The Hall–Kier alpha value is -0.273. The van der Waals surface area contributed by atoms with Crippen LogP contribution in [0.5, 0.6) is 0 Å². The van der Waals surface area contributed by atoms with E-state index in [1.165, 1.54) is 0 Å². The molecule has 0 bridgehead atoms. The van der Waals surface area contributed by atoms with Gasteiger partial charge < -0.3 is 18.0 Å². The highest BCUT2D eigenvalue weighted by molar-refractivity contribution is 6.62. The smallest absolute Gasteiger partial charge is 0.372 e. The first-order chi connectivity index (χ1) is 10.5. The zero-order valence-electron chi connectivity index (χ0n) is 15.1. The highest BCUT2D eigenvalue weighted by Crippen LogP contribution is 2.24. The molecule has 0 aromatic carbocycles.